The molecule has 1 rings (SSSR count). The Kier molecular flexibility index (Phi) is 3.72. The van der Waals surface area contributed by atoms with E-state index in [0.29, 0.717) is 13.0 Å². The van der Waals surface area contributed by atoms with Crippen LogP contribution in [0.1, 0.15) is 45.4 Å². The molecule has 1 fully saturated rings. The predicted molar refractivity (Wildman–Crippen MR) is 49.3 cm³/mol. The summed E-state index contributed by atoms with van der Waals surface area (Å²) in [6, 6.07) is 0. The molecule has 1 aliphatic rings. The van der Waals surface area contributed by atoms with Crippen LogP contribution in [0.3, 0.4) is 0 Å². The third-order valence-electron chi connectivity index (χ3n) is 2.47. The summed E-state index contributed by atoms with van der Waals surface area (Å²) in [4.78, 5) is 11.0. The molecule has 0 aromatic heterocycles. The van der Waals surface area contributed by atoms with Gasteiger partial charge in [-0.05, 0) is 32.6 Å². The minimum absolute atomic E-state index is 0.0958. The van der Waals surface area contributed by atoms with Gasteiger partial charge in [-0.1, -0.05) is 6.42 Å². The largest absolute Gasteiger partial charge is 0.466 e. The molecule has 0 bridgehead atoms. The second-order valence-electron chi connectivity index (χ2n) is 4.03. The van der Waals surface area contributed by atoms with Gasteiger partial charge in [0, 0.05) is 6.42 Å². The van der Waals surface area contributed by atoms with E-state index in [1.165, 1.54) is 0 Å². The number of cyclic esters (lactones) is 1. The fourth-order valence-corrected chi connectivity index (χ4v) is 1.61. The van der Waals surface area contributed by atoms with Crippen molar-refractivity contribution < 1.29 is 14.6 Å². The summed E-state index contributed by atoms with van der Waals surface area (Å²) in [6.07, 6.45) is 4.51. The molecule has 1 saturated heterocycles. The molecule has 1 unspecified atom stereocenters. The molecule has 0 aromatic rings. The number of rotatable bonds is 0. The maximum atomic E-state index is 11.0. The van der Waals surface area contributed by atoms with Gasteiger partial charge in [-0.15, -0.1) is 0 Å². The molecule has 1 heterocycles. The van der Waals surface area contributed by atoms with Crippen molar-refractivity contribution in [2.75, 3.05) is 6.61 Å². The van der Waals surface area contributed by atoms with Crippen molar-refractivity contribution >= 4 is 5.97 Å². The highest BCUT2D eigenvalue weighted by atomic mass is 16.5. The van der Waals surface area contributed by atoms with Crippen LogP contribution < -0.4 is 0 Å². The lowest BCUT2D eigenvalue weighted by Crippen LogP contribution is -2.25. The molecule has 1 atom stereocenters. The van der Waals surface area contributed by atoms with Crippen molar-refractivity contribution in [3.05, 3.63) is 0 Å². The fourth-order valence-electron chi connectivity index (χ4n) is 1.61. The molecule has 0 saturated carbocycles. The van der Waals surface area contributed by atoms with E-state index in [-0.39, 0.29) is 5.97 Å². The van der Waals surface area contributed by atoms with Crippen LogP contribution >= 0.6 is 0 Å². The first-order chi connectivity index (χ1) is 6.10. The second-order valence-corrected chi connectivity index (χ2v) is 4.03. The van der Waals surface area contributed by atoms with Gasteiger partial charge in [-0.2, -0.15) is 0 Å². The van der Waals surface area contributed by atoms with Crippen molar-refractivity contribution in [2.45, 2.75) is 51.0 Å². The fraction of sp³-hybridized carbons (Fsp3) is 0.900. The predicted octanol–water partition coefficient (Wildman–Crippen LogP) is 1.63. The van der Waals surface area contributed by atoms with Gasteiger partial charge in [0.25, 0.3) is 0 Å². The number of hydrogen-bond acceptors (Lipinski definition) is 3. The number of carbonyl (C=O) groups excluding carboxylic acids is 1. The van der Waals surface area contributed by atoms with Gasteiger partial charge in [0.2, 0.25) is 0 Å². The van der Waals surface area contributed by atoms with Crippen LogP contribution in [0.5, 0.6) is 0 Å². The van der Waals surface area contributed by atoms with Crippen LogP contribution in [-0.4, -0.2) is 23.3 Å². The van der Waals surface area contributed by atoms with Gasteiger partial charge in [0.05, 0.1) is 12.2 Å². The Labute approximate surface area is 79.1 Å². The van der Waals surface area contributed by atoms with Gasteiger partial charge < -0.3 is 9.84 Å². The number of ether oxygens (including phenoxy) is 1. The van der Waals surface area contributed by atoms with Crippen molar-refractivity contribution in [3.8, 4) is 0 Å². The quantitative estimate of drug-likeness (QED) is 0.585. The molecule has 3 nitrogen and oxygen atoms in total. The van der Waals surface area contributed by atoms with Gasteiger partial charge >= 0.3 is 5.97 Å². The molecule has 76 valence electrons. The van der Waals surface area contributed by atoms with Crippen molar-refractivity contribution in [3.63, 3.8) is 0 Å². The average Bonchev–Trinajstić information content (AvgIpc) is 2.06. The van der Waals surface area contributed by atoms with Gasteiger partial charge in [-0.3, -0.25) is 4.79 Å². The molecule has 0 spiro atoms. The maximum absolute atomic E-state index is 11.0. The molecular weight excluding hydrogens is 168 g/mol. The summed E-state index contributed by atoms with van der Waals surface area (Å²) in [7, 11) is 0. The van der Waals surface area contributed by atoms with Crippen LogP contribution in [0.15, 0.2) is 0 Å². The van der Waals surface area contributed by atoms with E-state index in [4.69, 9.17) is 4.74 Å². The highest BCUT2D eigenvalue weighted by Crippen LogP contribution is 2.21. The van der Waals surface area contributed by atoms with Gasteiger partial charge in [0.15, 0.2) is 0 Å². The van der Waals surface area contributed by atoms with Crippen LogP contribution in [0.4, 0.5) is 0 Å². The first-order valence-corrected chi connectivity index (χ1v) is 4.98. The Morgan fingerprint density at radius 1 is 1.31 bits per heavy atom. The topological polar surface area (TPSA) is 46.5 Å². The average molecular weight is 186 g/mol. The van der Waals surface area contributed by atoms with E-state index >= 15 is 0 Å². The van der Waals surface area contributed by atoms with E-state index in [1.54, 1.807) is 0 Å². The lowest BCUT2D eigenvalue weighted by atomic mass is 9.93. The van der Waals surface area contributed by atoms with Crippen LogP contribution in [-0.2, 0) is 9.53 Å². The molecule has 1 N–H and O–H groups in total. The summed E-state index contributed by atoms with van der Waals surface area (Å²) < 4.78 is 4.96. The molecular formula is C10H18O3. The number of aliphatic hydroxyl groups is 1. The number of hydrogen-bond donors (Lipinski definition) is 1. The Morgan fingerprint density at radius 3 is 2.77 bits per heavy atom. The first-order valence-electron chi connectivity index (χ1n) is 4.98. The summed E-state index contributed by atoms with van der Waals surface area (Å²) in [6.45, 7) is 2.31. The van der Waals surface area contributed by atoms with Gasteiger partial charge in [0.1, 0.15) is 0 Å². The van der Waals surface area contributed by atoms with E-state index in [9.17, 15) is 9.90 Å². The SMILES string of the molecule is CC1(O)CCCCC(=O)OCCC1. The van der Waals surface area contributed by atoms with E-state index in [2.05, 4.69) is 0 Å². The monoisotopic (exact) mass is 186 g/mol. The molecule has 0 amide bonds. The number of esters is 1. The standard InChI is InChI=1S/C10H18O3/c1-10(12)6-3-2-5-9(11)13-8-4-7-10/h12H,2-8H2,1H3. The minimum Gasteiger partial charge on any atom is -0.466 e. The normalized spacial score (nSPS) is 32.3. The first kappa shape index (κ1) is 10.5. The van der Waals surface area contributed by atoms with Crippen LogP contribution in [0.2, 0.25) is 0 Å². The summed E-state index contributed by atoms with van der Waals surface area (Å²) in [5.74, 6) is -0.0958. The summed E-state index contributed by atoms with van der Waals surface area (Å²) >= 11 is 0. The Balaban J connectivity index is 2.37. The minimum atomic E-state index is -0.566. The second kappa shape index (κ2) is 4.61. The molecule has 0 radical (unpaired) electrons. The zero-order chi connectivity index (χ0) is 9.73. The van der Waals surface area contributed by atoms with Crippen molar-refractivity contribution in [2.24, 2.45) is 0 Å². The summed E-state index contributed by atoms with van der Waals surface area (Å²) in [5.41, 5.74) is -0.566. The smallest absolute Gasteiger partial charge is 0.305 e. The lowest BCUT2D eigenvalue weighted by Gasteiger charge is -2.24. The molecule has 1 aliphatic heterocycles. The molecule has 0 aliphatic carbocycles. The Bertz CT molecular complexity index is 159. The highest BCUT2D eigenvalue weighted by Gasteiger charge is 2.20. The van der Waals surface area contributed by atoms with Crippen molar-refractivity contribution in [1.82, 2.24) is 0 Å². The zero-order valence-corrected chi connectivity index (χ0v) is 8.21. The molecule has 0 aromatic carbocycles. The lowest BCUT2D eigenvalue weighted by molar-refractivity contribution is -0.144. The van der Waals surface area contributed by atoms with E-state index < -0.39 is 5.60 Å². The van der Waals surface area contributed by atoms with Gasteiger partial charge in [-0.25, -0.2) is 0 Å². The third kappa shape index (κ3) is 4.27. The molecule has 13 heavy (non-hydrogen) atoms. The number of carbonyl (C=O) groups is 1. The van der Waals surface area contributed by atoms with Crippen LogP contribution in [0, 0.1) is 0 Å². The van der Waals surface area contributed by atoms with E-state index in [1.807, 2.05) is 6.92 Å². The Morgan fingerprint density at radius 2 is 2.00 bits per heavy atom. The highest BCUT2D eigenvalue weighted by molar-refractivity contribution is 5.69. The Hall–Kier alpha value is -0.570. The third-order valence-corrected chi connectivity index (χ3v) is 2.47. The molecule has 3 heteroatoms. The summed E-state index contributed by atoms with van der Waals surface area (Å²) in [5, 5.41) is 9.82. The van der Waals surface area contributed by atoms with E-state index in [0.717, 1.165) is 32.1 Å². The van der Waals surface area contributed by atoms with Crippen LogP contribution in [0.25, 0.3) is 0 Å². The van der Waals surface area contributed by atoms with Crippen molar-refractivity contribution in [1.29, 1.82) is 0 Å². The maximum Gasteiger partial charge on any atom is 0.305 e. The zero-order valence-electron chi connectivity index (χ0n) is 8.21.